The molecule has 0 radical (unpaired) electrons. The summed E-state index contributed by atoms with van der Waals surface area (Å²) in [5.74, 6) is 1.19. The van der Waals surface area contributed by atoms with Crippen molar-refractivity contribution < 1.29 is 19.4 Å². The number of fused-ring (bicyclic) bond motifs is 1. The quantitative estimate of drug-likeness (QED) is 0.139. The predicted molar refractivity (Wildman–Crippen MR) is 197 cm³/mol. The molecule has 0 fully saturated rings. The third-order valence-corrected chi connectivity index (χ3v) is 8.73. The number of carboxylic acid groups (broad SMARTS) is 1. The summed E-state index contributed by atoms with van der Waals surface area (Å²) in [7, 11) is 0. The molecule has 0 unspecified atom stereocenters. The van der Waals surface area contributed by atoms with Crippen LogP contribution in [-0.4, -0.2) is 38.1 Å². The Labute approximate surface area is 291 Å². The molecule has 254 valence electrons. The van der Waals surface area contributed by atoms with E-state index in [9.17, 15) is 14.7 Å². The van der Waals surface area contributed by atoms with Gasteiger partial charge in [0.2, 0.25) is 0 Å². The van der Waals surface area contributed by atoms with Crippen LogP contribution >= 0.6 is 0 Å². The molecule has 0 aliphatic rings. The number of para-hydroxylation sites is 1. The van der Waals surface area contributed by atoms with Crippen molar-refractivity contribution in [3.63, 3.8) is 0 Å². The Bertz CT molecular complexity index is 2300. The number of benzene rings is 4. The largest absolute Gasteiger partial charge is 0.494 e. The SMILES string of the molecule is CCOc1cc(C)c(-c2nc3ccccc3c(=O)n2N=Cc2cc(C)n(-c3ccc(OCc4cccc(C(=O)O)c4)cc3)c2C)cc1C(C)C. The third kappa shape index (κ3) is 6.80. The minimum Gasteiger partial charge on any atom is -0.494 e. The molecule has 9 heteroatoms. The van der Waals surface area contributed by atoms with Gasteiger partial charge in [-0.3, -0.25) is 4.79 Å². The Morgan fingerprint density at radius 3 is 2.42 bits per heavy atom. The lowest BCUT2D eigenvalue weighted by Gasteiger charge is -2.18. The molecule has 1 N–H and O–H groups in total. The first kappa shape index (κ1) is 33.9. The van der Waals surface area contributed by atoms with Crippen LogP contribution in [0.25, 0.3) is 28.0 Å². The molecule has 6 aromatic rings. The number of hydrogen-bond acceptors (Lipinski definition) is 6. The fourth-order valence-corrected chi connectivity index (χ4v) is 6.16. The zero-order valence-corrected chi connectivity index (χ0v) is 29.1. The van der Waals surface area contributed by atoms with E-state index in [4.69, 9.17) is 19.6 Å². The first-order valence-corrected chi connectivity index (χ1v) is 16.6. The van der Waals surface area contributed by atoms with E-state index in [1.165, 1.54) is 4.68 Å². The first-order chi connectivity index (χ1) is 24.0. The first-order valence-electron chi connectivity index (χ1n) is 16.6. The maximum atomic E-state index is 14.0. The average molecular weight is 669 g/mol. The maximum absolute atomic E-state index is 14.0. The molecule has 0 aliphatic heterocycles. The van der Waals surface area contributed by atoms with E-state index in [0.29, 0.717) is 29.1 Å². The molecule has 0 saturated heterocycles. The monoisotopic (exact) mass is 668 g/mol. The molecule has 0 aliphatic carbocycles. The number of nitrogens with zero attached hydrogens (tertiary/aromatic N) is 4. The van der Waals surface area contributed by atoms with E-state index >= 15 is 0 Å². The molecule has 50 heavy (non-hydrogen) atoms. The second-order valence-electron chi connectivity index (χ2n) is 12.6. The van der Waals surface area contributed by atoms with E-state index in [0.717, 1.165) is 50.6 Å². The van der Waals surface area contributed by atoms with Gasteiger partial charge in [0.15, 0.2) is 5.82 Å². The van der Waals surface area contributed by atoms with Gasteiger partial charge in [-0.1, -0.05) is 38.1 Å². The molecule has 0 saturated carbocycles. The Morgan fingerprint density at radius 2 is 1.70 bits per heavy atom. The van der Waals surface area contributed by atoms with Gasteiger partial charge < -0.3 is 19.1 Å². The maximum Gasteiger partial charge on any atom is 0.335 e. The smallest absolute Gasteiger partial charge is 0.335 e. The fourth-order valence-electron chi connectivity index (χ4n) is 6.16. The highest BCUT2D eigenvalue weighted by molar-refractivity contribution is 5.87. The van der Waals surface area contributed by atoms with Gasteiger partial charge in [-0.05, 0) is 117 Å². The molecule has 0 spiro atoms. The number of carboxylic acids is 1. The van der Waals surface area contributed by atoms with Gasteiger partial charge in [0.25, 0.3) is 5.56 Å². The molecule has 6 rings (SSSR count). The number of hydrogen-bond donors (Lipinski definition) is 1. The van der Waals surface area contributed by atoms with Crippen LogP contribution in [0, 0.1) is 20.8 Å². The summed E-state index contributed by atoms with van der Waals surface area (Å²) >= 11 is 0. The second-order valence-corrected chi connectivity index (χ2v) is 12.6. The van der Waals surface area contributed by atoms with Crippen molar-refractivity contribution in [1.82, 2.24) is 14.2 Å². The minimum absolute atomic E-state index is 0.196. The Balaban J connectivity index is 1.34. The third-order valence-electron chi connectivity index (χ3n) is 8.73. The Hall–Kier alpha value is -5.96. The number of aryl methyl sites for hydroxylation is 2. The van der Waals surface area contributed by atoms with Crippen molar-refractivity contribution >= 4 is 23.1 Å². The highest BCUT2D eigenvalue weighted by atomic mass is 16.5. The Kier molecular flexibility index (Phi) is 9.67. The van der Waals surface area contributed by atoms with Crippen LogP contribution in [0.5, 0.6) is 11.5 Å². The number of carbonyl (C=O) groups is 1. The van der Waals surface area contributed by atoms with E-state index in [-0.39, 0.29) is 23.6 Å². The normalized spacial score (nSPS) is 11.5. The van der Waals surface area contributed by atoms with Crippen LogP contribution in [0.3, 0.4) is 0 Å². The summed E-state index contributed by atoms with van der Waals surface area (Å²) in [6.45, 7) is 13.1. The van der Waals surface area contributed by atoms with Crippen LogP contribution in [0.1, 0.15) is 70.7 Å². The number of ether oxygens (including phenoxy) is 2. The lowest BCUT2D eigenvalue weighted by atomic mass is 9.96. The van der Waals surface area contributed by atoms with Gasteiger partial charge in [0.1, 0.15) is 18.1 Å². The van der Waals surface area contributed by atoms with Crippen molar-refractivity contribution in [2.24, 2.45) is 5.10 Å². The molecular weight excluding hydrogens is 628 g/mol. The summed E-state index contributed by atoms with van der Waals surface area (Å²) in [4.78, 5) is 30.3. The van der Waals surface area contributed by atoms with Crippen molar-refractivity contribution in [2.75, 3.05) is 6.61 Å². The fraction of sp³-hybridized carbons (Fsp3) is 0.220. The molecule has 0 amide bonds. The van der Waals surface area contributed by atoms with E-state index in [2.05, 4.69) is 24.5 Å². The zero-order valence-electron chi connectivity index (χ0n) is 29.1. The summed E-state index contributed by atoms with van der Waals surface area (Å²) in [6, 6.07) is 27.9. The second kappa shape index (κ2) is 14.3. The molecular formula is C41H40N4O5. The minimum atomic E-state index is -0.970. The van der Waals surface area contributed by atoms with Crippen LogP contribution in [0.2, 0.25) is 0 Å². The standard InChI is InChI=1S/C41H40N4O5/c1-7-49-38-19-26(4)36(22-35(38)25(2)3)39-43-37-14-9-8-13-34(37)40(46)45(39)42-23-31-20-27(5)44(28(31)6)32-15-17-33(18-16-32)50-24-29-11-10-12-30(21-29)41(47)48/h8-23,25H,7,24H2,1-6H3,(H,47,48). The summed E-state index contributed by atoms with van der Waals surface area (Å²) in [6.07, 6.45) is 1.72. The zero-order chi connectivity index (χ0) is 35.5. The van der Waals surface area contributed by atoms with E-state index < -0.39 is 5.97 Å². The van der Waals surface area contributed by atoms with Crippen LogP contribution in [-0.2, 0) is 6.61 Å². The highest BCUT2D eigenvalue weighted by Gasteiger charge is 2.19. The van der Waals surface area contributed by atoms with Crippen LogP contribution in [0.15, 0.2) is 101 Å². The average Bonchev–Trinajstić information content (AvgIpc) is 3.39. The predicted octanol–water partition coefficient (Wildman–Crippen LogP) is 8.46. The Morgan fingerprint density at radius 1 is 0.940 bits per heavy atom. The van der Waals surface area contributed by atoms with Gasteiger partial charge in [0.05, 0.1) is 29.3 Å². The molecule has 4 aromatic carbocycles. The van der Waals surface area contributed by atoms with E-state index in [1.54, 1.807) is 30.5 Å². The molecule has 0 bridgehead atoms. The molecule has 0 atom stereocenters. The number of aromatic carboxylic acids is 1. The van der Waals surface area contributed by atoms with Crippen molar-refractivity contribution in [3.8, 4) is 28.6 Å². The number of aromatic nitrogens is 3. The lowest BCUT2D eigenvalue weighted by molar-refractivity contribution is 0.0696. The van der Waals surface area contributed by atoms with Gasteiger partial charge in [-0.25, -0.2) is 9.78 Å². The van der Waals surface area contributed by atoms with Gasteiger partial charge in [0, 0.05) is 28.2 Å². The van der Waals surface area contributed by atoms with Gasteiger partial charge >= 0.3 is 5.97 Å². The molecule has 2 aromatic heterocycles. The van der Waals surface area contributed by atoms with E-state index in [1.807, 2.05) is 88.4 Å². The summed E-state index contributed by atoms with van der Waals surface area (Å²) in [5.41, 5.74) is 7.90. The van der Waals surface area contributed by atoms with Gasteiger partial charge in [-0.2, -0.15) is 9.78 Å². The van der Waals surface area contributed by atoms with Crippen LogP contribution < -0.4 is 15.0 Å². The summed E-state index contributed by atoms with van der Waals surface area (Å²) in [5, 5.41) is 14.5. The number of rotatable bonds is 11. The van der Waals surface area contributed by atoms with Gasteiger partial charge in [-0.15, -0.1) is 0 Å². The highest BCUT2D eigenvalue weighted by Crippen LogP contribution is 2.34. The van der Waals surface area contributed by atoms with Crippen molar-refractivity contribution in [1.29, 1.82) is 0 Å². The van der Waals surface area contributed by atoms with Crippen LogP contribution in [0.4, 0.5) is 0 Å². The lowest BCUT2D eigenvalue weighted by Crippen LogP contribution is -2.21. The molecule has 2 heterocycles. The summed E-state index contributed by atoms with van der Waals surface area (Å²) < 4.78 is 15.4. The van der Waals surface area contributed by atoms with Crippen molar-refractivity contribution in [2.45, 2.75) is 54.1 Å². The van der Waals surface area contributed by atoms with Crippen molar-refractivity contribution in [3.05, 3.63) is 141 Å². The topological polar surface area (TPSA) is 108 Å². The molecule has 9 nitrogen and oxygen atoms in total.